The minimum atomic E-state index is -0.199. The van der Waals surface area contributed by atoms with Crippen molar-refractivity contribution in [2.24, 2.45) is 0 Å². The van der Waals surface area contributed by atoms with E-state index in [9.17, 15) is 4.79 Å². The lowest BCUT2D eigenvalue weighted by Crippen LogP contribution is -2.31. The first-order valence-corrected chi connectivity index (χ1v) is 9.96. The Morgan fingerprint density at radius 3 is 2.55 bits per heavy atom. The number of benzene rings is 2. The molecule has 0 saturated carbocycles. The lowest BCUT2D eigenvalue weighted by atomic mass is 10.1. The van der Waals surface area contributed by atoms with Crippen LogP contribution in [0.25, 0.3) is 0 Å². The highest BCUT2D eigenvalue weighted by atomic mass is 16.5. The van der Waals surface area contributed by atoms with Gasteiger partial charge in [0, 0.05) is 19.3 Å². The van der Waals surface area contributed by atoms with Gasteiger partial charge in [-0.15, -0.1) is 0 Å². The van der Waals surface area contributed by atoms with Gasteiger partial charge in [0.25, 0.3) is 5.91 Å². The van der Waals surface area contributed by atoms with Crippen LogP contribution in [0.2, 0.25) is 0 Å². The summed E-state index contributed by atoms with van der Waals surface area (Å²) in [7, 11) is 0. The van der Waals surface area contributed by atoms with Crippen LogP contribution >= 0.6 is 0 Å². The zero-order chi connectivity index (χ0) is 19.9. The van der Waals surface area contributed by atoms with E-state index in [0.29, 0.717) is 23.6 Å². The third-order valence-corrected chi connectivity index (χ3v) is 4.87. The summed E-state index contributed by atoms with van der Waals surface area (Å²) in [5.74, 6) is 1.75. The van der Waals surface area contributed by atoms with E-state index in [1.807, 2.05) is 48.5 Å². The van der Waals surface area contributed by atoms with E-state index in [-0.39, 0.29) is 5.91 Å². The lowest BCUT2D eigenvalue weighted by molar-refractivity contribution is 0.0948. The maximum Gasteiger partial charge on any atom is 0.255 e. The third kappa shape index (κ3) is 4.90. The molecule has 29 heavy (non-hydrogen) atoms. The molecule has 0 radical (unpaired) electrons. The number of para-hydroxylation sites is 2. The van der Waals surface area contributed by atoms with Crippen LogP contribution < -0.4 is 15.0 Å². The van der Waals surface area contributed by atoms with Gasteiger partial charge in [0.05, 0.1) is 17.8 Å². The summed E-state index contributed by atoms with van der Waals surface area (Å²) < 4.78 is 5.89. The Hall–Kier alpha value is -3.41. The SMILES string of the molecule is O=C(NCc1ccnc(N2CCCCC2)n1)c1ccccc1Oc1ccccc1. The molecular formula is C23H24N4O2. The molecule has 0 spiro atoms. The van der Waals surface area contributed by atoms with Gasteiger partial charge in [-0.05, 0) is 49.6 Å². The van der Waals surface area contributed by atoms with Crippen molar-refractivity contribution >= 4 is 11.9 Å². The summed E-state index contributed by atoms with van der Waals surface area (Å²) in [5, 5.41) is 2.94. The molecule has 1 N–H and O–H groups in total. The molecule has 1 aromatic heterocycles. The van der Waals surface area contributed by atoms with Crippen molar-refractivity contribution in [2.45, 2.75) is 25.8 Å². The van der Waals surface area contributed by atoms with E-state index < -0.39 is 0 Å². The fraction of sp³-hybridized carbons (Fsp3) is 0.261. The molecule has 1 amide bonds. The van der Waals surface area contributed by atoms with Crippen molar-refractivity contribution in [2.75, 3.05) is 18.0 Å². The number of hydrogen-bond acceptors (Lipinski definition) is 5. The predicted molar refractivity (Wildman–Crippen MR) is 112 cm³/mol. The smallest absolute Gasteiger partial charge is 0.255 e. The van der Waals surface area contributed by atoms with Crippen LogP contribution in [0, 0.1) is 0 Å². The standard InChI is InChI=1S/C23H24N4O2/c28-22(20-11-5-6-12-21(20)29-19-9-3-1-4-10-19)25-17-18-13-14-24-23(26-18)27-15-7-2-8-16-27/h1,3-6,9-14H,2,7-8,15-17H2,(H,25,28). The van der Waals surface area contributed by atoms with Crippen LogP contribution in [-0.2, 0) is 6.54 Å². The number of piperidine rings is 1. The molecule has 3 aromatic rings. The maximum absolute atomic E-state index is 12.8. The van der Waals surface area contributed by atoms with Crippen LogP contribution in [0.15, 0.2) is 66.9 Å². The molecule has 0 aliphatic carbocycles. The second-order valence-corrected chi connectivity index (χ2v) is 6.99. The van der Waals surface area contributed by atoms with Gasteiger partial charge in [0.1, 0.15) is 11.5 Å². The van der Waals surface area contributed by atoms with Gasteiger partial charge in [0.15, 0.2) is 0 Å². The van der Waals surface area contributed by atoms with E-state index in [1.54, 1.807) is 18.3 Å². The number of aromatic nitrogens is 2. The molecule has 2 heterocycles. The van der Waals surface area contributed by atoms with Crippen molar-refractivity contribution in [1.82, 2.24) is 15.3 Å². The first kappa shape index (κ1) is 18.9. The second-order valence-electron chi connectivity index (χ2n) is 6.99. The molecule has 0 atom stereocenters. The van der Waals surface area contributed by atoms with Crippen molar-refractivity contribution < 1.29 is 9.53 Å². The van der Waals surface area contributed by atoms with Gasteiger partial charge in [-0.1, -0.05) is 30.3 Å². The Morgan fingerprint density at radius 2 is 1.72 bits per heavy atom. The molecule has 148 valence electrons. The maximum atomic E-state index is 12.8. The van der Waals surface area contributed by atoms with E-state index in [1.165, 1.54) is 19.3 Å². The van der Waals surface area contributed by atoms with E-state index in [0.717, 1.165) is 24.7 Å². The molecule has 1 fully saturated rings. The summed E-state index contributed by atoms with van der Waals surface area (Å²) >= 11 is 0. The highest BCUT2D eigenvalue weighted by Gasteiger charge is 2.15. The van der Waals surface area contributed by atoms with Gasteiger partial charge < -0.3 is 15.0 Å². The van der Waals surface area contributed by atoms with E-state index in [2.05, 4.69) is 20.2 Å². The highest BCUT2D eigenvalue weighted by molar-refractivity contribution is 5.96. The Morgan fingerprint density at radius 1 is 0.966 bits per heavy atom. The summed E-state index contributed by atoms with van der Waals surface area (Å²) in [6.07, 6.45) is 5.35. The number of rotatable bonds is 6. The first-order valence-electron chi connectivity index (χ1n) is 9.96. The summed E-state index contributed by atoms with van der Waals surface area (Å²) in [6.45, 7) is 2.31. The molecule has 1 saturated heterocycles. The van der Waals surface area contributed by atoms with Crippen molar-refractivity contribution in [3.8, 4) is 11.5 Å². The Kier molecular flexibility index (Phi) is 6.00. The number of amides is 1. The molecule has 2 aromatic carbocycles. The topological polar surface area (TPSA) is 67.4 Å². The zero-order valence-electron chi connectivity index (χ0n) is 16.3. The quantitative estimate of drug-likeness (QED) is 0.686. The Labute approximate surface area is 170 Å². The average molecular weight is 388 g/mol. The molecule has 6 nitrogen and oxygen atoms in total. The van der Waals surface area contributed by atoms with Crippen LogP contribution in [0.1, 0.15) is 35.3 Å². The summed E-state index contributed by atoms with van der Waals surface area (Å²) in [5.41, 5.74) is 1.28. The highest BCUT2D eigenvalue weighted by Crippen LogP contribution is 2.25. The van der Waals surface area contributed by atoms with Crippen molar-refractivity contribution in [1.29, 1.82) is 0 Å². The zero-order valence-corrected chi connectivity index (χ0v) is 16.3. The third-order valence-electron chi connectivity index (χ3n) is 4.87. The molecular weight excluding hydrogens is 364 g/mol. The minimum absolute atomic E-state index is 0.199. The number of nitrogens with one attached hydrogen (secondary N) is 1. The predicted octanol–water partition coefficient (Wildman–Crippen LogP) is 4.19. The number of anilines is 1. The van der Waals surface area contributed by atoms with Gasteiger partial charge in [-0.2, -0.15) is 0 Å². The van der Waals surface area contributed by atoms with Crippen LogP contribution in [0.3, 0.4) is 0 Å². The largest absolute Gasteiger partial charge is 0.457 e. The van der Waals surface area contributed by atoms with E-state index >= 15 is 0 Å². The minimum Gasteiger partial charge on any atom is -0.457 e. The number of ether oxygens (including phenoxy) is 1. The normalized spacial score (nSPS) is 13.7. The van der Waals surface area contributed by atoms with Crippen molar-refractivity contribution in [3.63, 3.8) is 0 Å². The first-order chi connectivity index (χ1) is 14.3. The molecule has 0 unspecified atom stereocenters. The van der Waals surface area contributed by atoms with Gasteiger partial charge in [0.2, 0.25) is 5.95 Å². The molecule has 0 bridgehead atoms. The molecule has 1 aliphatic heterocycles. The lowest BCUT2D eigenvalue weighted by Gasteiger charge is -2.26. The number of nitrogens with zero attached hydrogens (tertiary/aromatic N) is 3. The number of carbonyl (C=O) groups is 1. The molecule has 6 heteroatoms. The monoisotopic (exact) mass is 388 g/mol. The van der Waals surface area contributed by atoms with Gasteiger partial charge >= 0.3 is 0 Å². The number of carbonyl (C=O) groups excluding carboxylic acids is 1. The second kappa shape index (κ2) is 9.19. The van der Waals surface area contributed by atoms with Gasteiger partial charge in [-0.3, -0.25) is 4.79 Å². The Balaban J connectivity index is 1.43. The summed E-state index contributed by atoms with van der Waals surface area (Å²) in [6, 6.07) is 18.5. The number of hydrogen-bond donors (Lipinski definition) is 1. The van der Waals surface area contributed by atoms with Crippen LogP contribution in [-0.4, -0.2) is 29.0 Å². The van der Waals surface area contributed by atoms with E-state index in [4.69, 9.17) is 4.74 Å². The van der Waals surface area contributed by atoms with Crippen LogP contribution in [0.4, 0.5) is 5.95 Å². The average Bonchev–Trinajstić information content (AvgIpc) is 2.79. The molecule has 1 aliphatic rings. The van der Waals surface area contributed by atoms with Crippen molar-refractivity contribution in [3.05, 3.63) is 78.1 Å². The fourth-order valence-electron chi connectivity index (χ4n) is 3.35. The van der Waals surface area contributed by atoms with Gasteiger partial charge in [-0.25, -0.2) is 9.97 Å². The summed E-state index contributed by atoms with van der Waals surface area (Å²) in [4.78, 5) is 24.0. The van der Waals surface area contributed by atoms with Crippen LogP contribution in [0.5, 0.6) is 11.5 Å². The fourth-order valence-corrected chi connectivity index (χ4v) is 3.35. The Bertz CT molecular complexity index is 956. The molecule has 4 rings (SSSR count).